The van der Waals surface area contributed by atoms with Gasteiger partial charge in [-0.2, -0.15) is 0 Å². The number of carbonyl (C=O) groups is 1. The maximum absolute atomic E-state index is 9.00. The third kappa shape index (κ3) is 22.9. The fourth-order valence-electron chi connectivity index (χ4n) is 0.586. The molecule has 0 aliphatic carbocycles. The molecule has 3 N–H and O–H groups in total. The van der Waals surface area contributed by atoms with Gasteiger partial charge in [0, 0.05) is 13.5 Å². The Labute approximate surface area is 96.2 Å². The van der Waals surface area contributed by atoms with E-state index in [1.165, 1.54) is 0 Å². The van der Waals surface area contributed by atoms with E-state index in [-0.39, 0.29) is 0 Å². The molecule has 0 radical (unpaired) electrons. The predicted octanol–water partition coefficient (Wildman–Crippen LogP) is 2.26. The first-order chi connectivity index (χ1) is 7.54. The number of hydrogen-bond donors (Lipinski definition) is 3. The summed E-state index contributed by atoms with van der Waals surface area (Å²) in [5, 5.41) is 24.1. The molecule has 0 aliphatic heterocycles. The Kier molecular flexibility index (Phi) is 14.2. The van der Waals surface area contributed by atoms with Gasteiger partial charge in [-0.1, -0.05) is 31.5 Å². The SMILES string of the molecule is CC(=O)O.CCCCO.Oc1ccccc1. The second kappa shape index (κ2) is 13.4. The Hall–Kier alpha value is -1.55. The number of carboxylic acids is 1. The Morgan fingerprint density at radius 3 is 1.81 bits per heavy atom. The zero-order valence-electron chi connectivity index (χ0n) is 9.76. The summed E-state index contributed by atoms with van der Waals surface area (Å²) in [6, 6.07) is 8.71. The predicted molar refractivity (Wildman–Crippen MR) is 63.4 cm³/mol. The zero-order chi connectivity index (χ0) is 12.8. The first-order valence-electron chi connectivity index (χ1n) is 5.09. The first kappa shape index (κ1) is 16.9. The highest BCUT2D eigenvalue weighted by Crippen LogP contribution is 2.02. The number of hydrogen-bond acceptors (Lipinski definition) is 3. The summed E-state index contributed by atoms with van der Waals surface area (Å²) in [7, 11) is 0. The van der Waals surface area contributed by atoms with Crippen LogP contribution in [0.25, 0.3) is 0 Å². The summed E-state index contributed by atoms with van der Waals surface area (Å²) in [4.78, 5) is 9.00. The summed E-state index contributed by atoms with van der Waals surface area (Å²) in [5.74, 6) is -0.512. The zero-order valence-corrected chi connectivity index (χ0v) is 9.76. The highest BCUT2D eigenvalue weighted by Gasteiger charge is 1.74. The van der Waals surface area contributed by atoms with E-state index in [1.54, 1.807) is 24.3 Å². The third-order valence-corrected chi connectivity index (χ3v) is 1.27. The number of aromatic hydroxyl groups is 1. The van der Waals surface area contributed by atoms with E-state index in [1.807, 2.05) is 6.07 Å². The van der Waals surface area contributed by atoms with Gasteiger partial charge in [0.2, 0.25) is 0 Å². The minimum absolute atomic E-state index is 0.322. The second-order valence-corrected chi connectivity index (χ2v) is 2.93. The van der Waals surface area contributed by atoms with Crippen molar-refractivity contribution in [3.8, 4) is 5.75 Å². The van der Waals surface area contributed by atoms with Crippen LogP contribution in [-0.4, -0.2) is 27.9 Å². The molecule has 0 aliphatic rings. The molecule has 0 spiro atoms. The minimum Gasteiger partial charge on any atom is -0.508 e. The monoisotopic (exact) mass is 228 g/mol. The van der Waals surface area contributed by atoms with E-state index in [0.717, 1.165) is 19.8 Å². The summed E-state index contributed by atoms with van der Waals surface area (Å²) >= 11 is 0. The van der Waals surface area contributed by atoms with Crippen LogP contribution in [0, 0.1) is 0 Å². The molecule has 1 aromatic rings. The van der Waals surface area contributed by atoms with E-state index in [9.17, 15) is 0 Å². The molecule has 4 nitrogen and oxygen atoms in total. The van der Waals surface area contributed by atoms with Crippen molar-refractivity contribution in [2.75, 3.05) is 6.61 Å². The number of aliphatic hydroxyl groups is 1. The molecule has 16 heavy (non-hydrogen) atoms. The molecule has 0 amide bonds. The number of phenolic OH excluding ortho intramolecular Hbond substituents is 1. The average molecular weight is 228 g/mol. The average Bonchev–Trinajstić information content (AvgIpc) is 2.20. The van der Waals surface area contributed by atoms with Crippen LogP contribution in [0.15, 0.2) is 30.3 Å². The number of para-hydroxylation sites is 1. The van der Waals surface area contributed by atoms with Gasteiger partial charge in [0.15, 0.2) is 0 Å². The maximum atomic E-state index is 9.00. The number of aliphatic hydroxyl groups excluding tert-OH is 1. The molecule has 0 fully saturated rings. The van der Waals surface area contributed by atoms with Gasteiger partial charge < -0.3 is 15.3 Å². The van der Waals surface area contributed by atoms with Gasteiger partial charge in [-0.15, -0.1) is 0 Å². The summed E-state index contributed by atoms with van der Waals surface area (Å²) in [5.41, 5.74) is 0. The van der Waals surface area contributed by atoms with Gasteiger partial charge in [0.25, 0.3) is 5.97 Å². The van der Waals surface area contributed by atoms with Gasteiger partial charge in [-0.25, -0.2) is 0 Å². The van der Waals surface area contributed by atoms with Crippen LogP contribution < -0.4 is 0 Å². The lowest BCUT2D eigenvalue weighted by atomic mass is 10.3. The molecule has 1 aromatic carbocycles. The molecular weight excluding hydrogens is 208 g/mol. The molecule has 0 bridgehead atoms. The normalized spacial score (nSPS) is 7.94. The Morgan fingerprint density at radius 2 is 1.69 bits per heavy atom. The molecule has 1 rings (SSSR count). The number of carboxylic acid groups (broad SMARTS) is 1. The molecule has 0 saturated carbocycles. The number of aliphatic carboxylic acids is 1. The third-order valence-electron chi connectivity index (χ3n) is 1.27. The molecule has 0 saturated heterocycles. The standard InChI is InChI=1S/C6H6O.C4H10O.C2H4O2/c7-6-4-2-1-3-5-6;1-2-3-4-5;1-2(3)4/h1-5,7H;5H,2-4H2,1H3;1H3,(H,3,4). The molecule has 0 aromatic heterocycles. The summed E-state index contributed by atoms with van der Waals surface area (Å²) in [6.45, 7) is 3.48. The molecule has 0 heterocycles. The van der Waals surface area contributed by atoms with Gasteiger partial charge in [-0.05, 0) is 18.6 Å². The van der Waals surface area contributed by atoms with Gasteiger partial charge in [0.1, 0.15) is 5.75 Å². The fourth-order valence-corrected chi connectivity index (χ4v) is 0.586. The van der Waals surface area contributed by atoms with Crippen molar-refractivity contribution in [3.05, 3.63) is 30.3 Å². The van der Waals surface area contributed by atoms with Crippen molar-refractivity contribution >= 4 is 5.97 Å². The van der Waals surface area contributed by atoms with Crippen LogP contribution in [0.5, 0.6) is 5.75 Å². The summed E-state index contributed by atoms with van der Waals surface area (Å²) in [6.07, 6.45) is 2.04. The molecular formula is C12H20O4. The van der Waals surface area contributed by atoms with Gasteiger partial charge in [-0.3, -0.25) is 4.79 Å². The second-order valence-electron chi connectivity index (χ2n) is 2.93. The summed E-state index contributed by atoms with van der Waals surface area (Å²) < 4.78 is 0. The van der Waals surface area contributed by atoms with Crippen LogP contribution >= 0.6 is 0 Å². The highest BCUT2D eigenvalue weighted by atomic mass is 16.4. The van der Waals surface area contributed by atoms with Crippen molar-refractivity contribution in [2.24, 2.45) is 0 Å². The van der Waals surface area contributed by atoms with Crippen LogP contribution in [0.1, 0.15) is 26.7 Å². The largest absolute Gasteiger partial charge is 0.508 e. The number of phenols is 1. The Balaban J connectivity index is 0. The highest BCUT2D eigenvalue weighted by molar-refractivity contribution is 5.62. The lowest BCUT2D eigenvalue weighted by Crippen LogP contribution is -1.78. The van der Waals surface area contributed by atoms with Crippen molar-refractivity contribution < 1.29 is 20.1 Å². The maximum Gasteiger partial charge on any atom is 0.300 e. The van der Waals surface area contributed by atoms with E-state index < -0.39 is 5.97 Å². The van der Waals surface area contributed by atoms with Crippen LogP contribution in [0.3, 0.4) is 0 Å². The quantitative estimate of drug-likeness (QED) is 0.725. The molecule has 0 atom stereocenters. The van der Waals surface area contributed by atoms with Crippen molar-refractivity contribution in [1.82, 2.24) is 0 Å². The number of unbranched alkanes of at least 4 members (excludes halogenated alkanes) is 1. The molecule has 92 valence electrons. The van der Waals surface area contributed by atoms with E-state index in [2.05, 4.69) is 6.92 Å². The van der Waals surface area contributed by atoms with Gasteiger partial charge >= 0.3 is 0 Å². The van der Waals surface area contributed by atoms with Crippen molar-refractivity contribution in [3.63, 3.8) is 0 Å². The van der Waals surface area contributed by atoms with Gasteiger partial charge in [0.05, 0.1) is 0 Å². The number of rotatable bonds is 2. The topological polar surface area (TPSA) is 77.8 Å². The fraction of sp³-hybridized carbons (Fsp3) is 0.417. The first-order valence-corrected chi connectivity index (χ1v) is 5.09. The Bertz CT molecular complexity index is 240. The smallest absolute Gasteiger partial charge is 0.300 e. The number of benzene rings is 1. The van der Waals surface area contributed by atoms with Crippen LogP contribution in [0.4, 0.5) is 0 Å². The van der Waals surface area contributed by atoms with E-state index in [4.69, 9.17) is 20.1 Å². The Morgan fingerprint density at radius 1 is 1.25 bits per heavy atom. The minimum atomic E-state index is -0.833. The van der Waals surface area contributed by atoms with Crippen molar-refractivity contribution in [2.45, 2.75) is 26.7 Å². The van der Waals surface area contributed by atoms with Crippen LogP contribution in [-0.2, 0) is 4.79 Å². The van der Waals surface area contributed by atoms with E-state index >= 15 is 0 Å². The van der Waals surface area contributed by atoms with Crippen molar-refractivity contribution in [1.29, 1.82) is 0 Å². The lowest BCUT2D eigenvalue weighted by molar-refractivity contribution is -0.134. The molecule has 4 heteroatoms. The van der Waals surface area contributed by atoms with Crippen LogP contribution in [0.2, 0.25) is 0 Å². The molecule has 0 unspecified atom stereocenters. The lowest BCUT2D eigenvalue weighted by Gasteiger charge is -1.82. The van der Waals surface area contributed by atoms with E-state index in [0.29, 0.717) is 12.4 Å².